The van der Waals surface area contributed by atoms with Gasteiger partial charge in [-0.25, -0.2) is 9.13 Å². The lowest BCUT2D eigenvalue weighted by atomic mass is 10.3. The number of pyridine rings is 1. The molecular weight excluding hydrogens is 222 g/mol. The molecule has 0 saturated carbocycles. The molecule has 0 aliphatic rings. The van der Waals surface area contributed by atoms with Gasteiger partial charge in [0.1, 0.15) is 24.6 Å². The lowest BCUT2D eigenvalue weighted by Gasteiger charge is -1.96. The summed E-state index contributed by atoms with van der Waals surface area (Å²) in [6, 6.07) is 16.3. The predicted octanol–water partition coefficient (Wildman–Crippen LogP) is 2.21. The number of rotatable bonds is 3. The number of imidazole rings is 1. The molecule has 3 rings (SSSR count). The Morgan fingerprint density at radius 1 is 1.00 bits per heavy atom. The predicted molar refractivity (Wildman–Crippen MR) is 69.3 cm³/mol. The van der Waals surface area contributed by atoms with Crippen LogP contribution in [0, 0.1) is 0 Å². The molecule has 0 N–H and O–H groups in total. The third-order valence-corrected chi connectivity index (χ3v) is 2.82. The van der Waals surface area contributed by atoms with E-state index in [0.717, 1.165) is 17.9 Å². The second-order valence-corrected chi connectivity index (χ2v) is 4.15. The molecular formula is C15H14N3+. The number of para-hydroxylation sites is 1. The Hall–Kier alpha value is -2.42. The smallest absolute Gasteiger partial charge is 0.249 e. The van der Waals surface area contributed by atoms with Crippen LogP contribution in [0.5, 0.6) is 0 Å². The van der Waals surface area contributed by atoms with Crippen LogP contribution < -0.4 is 4.57 Å². The summed E-state index contributed by atoms with van der Waals surface area (Å²) < 4.78 is 4.22. The van der Waals surface area contributed by atoms with Gasteiger partial charge in [0, 0.05) is 6.20 Å². The molecule has 0 amide bonds. The molecule has 0 unspecified atom stereocenters. The van der Waals surface area contributed by atoms with Crippen LogP contribution in [0.2, 0.25) is 0 Å². The Kier molecular flexibility index (Phi) is 2.88. The molecule has 0 radical (unpaired) electrons. The second-order valence-electron chi connectivity index (χ2n) is 4.15. The van der Waals surface area contributed by atoms with E-state index < -0.39 is 0 Å². The van der Waals surface area contributed by atoms with Crippen molar-refractivity contribution in [1.29, 1.82) is 0 Å². The first-order chi connectivity index (χ1) is 8.92. The van der Waals surface area contributed by atoms with Gasteiger partial charge in [0.15, 0.2) is 0 Å². The zero-order valence-corrected chi connectivity index (χ0v) is 9.98. The van der Waals surface area contributed by atoms with E-state index in [4.69, 9.17) is 0 Å². The van der Waals surface area contributed by atoms with Gasteiger partial charge in [0.05, 0.1) is 5.69 Å². The minimum absolute atomic E-state index is 0.792. The Morgan fingerprint density at radius 3 is 2.61 bits per heavy atom. The molecule has 0 aliphatic carbocycles. The Balaban J connectivity index is 1.82. The maximum atomic E-state index is 4.33. The van der Waals surface area contributed by atoms with E-state index in [0.29, 0.717) is 0 Å². The Morgan fingerprint density at radius 2 is 1.83 bits per heavy atom. The molecule has 1 aromatic carbocycles. The van der Waals surface area contributed by atoms with Gasteiger partial charge in [-0.05, 0) is 24.3 Å². The first-order valence-corrected chi connectivity index (χ1v) is 5.94. The summed E-state index contributed by atoms with van der Waals surface area (Å²) in [4.78, 5) is 4.33. The van der Waals surface area contributed by atoms with Gasteiger partial charge in [-0.2, -0.15) is 0 Å². The van der Waals surface area contributed by atoms with Crippen LogP contribution in [0.15, 0.2) is 73.4 Å². The summed E-state index contributed by atoms with van der Waals surface area (Å²) in [7, 11) is 0. The molecule has 0 fully saturated rings. The van der Waals surface area contributed by atoms with Gasteiger partial charge in [-0.15, -0.1) is 0 Å². The third kappa shape index (κ3) is 2.30. The van der Waals surface area contributed by atoms with Crippen molar-refractivity contribution < 1.29 is 4.57 Å². The van der Waals surface area contributed by atoms with Crippen molar-refractivity contribution in [1.82, 2.24) is 9.55 Å². The molecule has 2 heterocycles. The molecule has 3 aromatic rings. The molecule has 2 aromatic heterocycles. The fourth-order valence-corrected chi connectivity index (χ4v) is 1.92. The van der Waals surface area contributed by atoms with E-state index in [1.165, 1.54) is 0 Å². The normalized spacial score (nSPS) is 10.4. The minimum Gasteiger partial charge on any atom is -0.257 e. The largest absolute Gasteiger partial charge is 0.257 e. The van der Waals surface area contributed by atoms with Crippen molar-refractivity contribution in [3.63, 3.8) is 0 Å². The zero-order valence-electron chi connectivity index (χ0n) is 9.98. The van der Waals surface area contributed by atoms with Crippen LogP contribution >= 0.6 is 0 Å². The van der Waals surface area contributed by atoms with Crippen molar-refractivity contribution in [2.75, 3.05) is 0 Å². The van der Waals surface area contributed by atoms with E-state index in [-0.39, 0.29) is 0 Å². The van der Waals surface area contributed by atoms with E-state index >= 15 is 0 Å². The molecule has 0 bridgehead atoms. The lowest BCUT2D eigenvalue weighted by Crippen LogP contribution is -2.31. The number of aromatic nitrogens is 3. The molecule has 18 heavy (non-hydrogen) atoms. The molecule has 0 spiro atoms. The van der Waals surface area contributed by atoms with Crippen molar-refractivity contribution in [2.45, 2.75) is 6.54 Å². The van der Waals surface area contributed by atoms with E-state index in [9.17, 15) is 0 Å². The maximum Gasteiger partial charge on any atom is 0.249 e. The minimum atomic E-state index is 0.792. The van der Waals surface area contributed by atoms with Crippen LogP contribution in [0.1, 0.15) is 5.69 Å². The monoisotopic (exact) mass is 236 g/mol. The maximum absolute atomic E-state index is 4.33. The Labute approximate surface area is 106 Å². The van der Waals surface area contributed by atoms with Crippen LogP contribution in [0.25, 0.3) is 5.69 Å². The molecule has 0 atom stereocenters. The van der Waals surface area contributed by atoms with Gasteiger partial charge in [-0.3, -0.25) is 4.98 Å². The van der Waals surface area contributed by atoms with E-state index in [1.54, 1.807) is 0 Å². The number of hydrogen-bond acceptors (Lipinski definition) is 1. The first kappa shape index (κ1) is 10.7. The van der Waals surface area contributed by atoms with Crippen LogP contribution in [0.3, 0.4) is 0 Å². The first-order valence-electron chi connectivity index (χ1n) is 5.94. The van der Waals surface area contributed by atoms with Crippen molar-refractivity contribution in [3.05, 3.63) is 79.1 Å². The van der Waals surface area contributed by atoms with Crippen LogP contribution in [-0.4, -0.2) is 9.55 Å². The summed E-state index contributed by atoms with van der Waals surface area (Å²) in [6.45, 7) is 0.792. The van der Waals surface area contributed by atoms with Crippen LogP contribution in [-0.2, 0) is 6.54 Å². The third-order valence-electron chi connectivity index (χ3n) is 2.82. The van der Waals surface area contributed by atoms with Gasteiger partial charge in [0.2, 0.25) is 6.33 Å². The molecule has 88 valence electrons. The average Bonchev–Trinajstić information content (AvgIpc) is 2.89. The summed E-state index contributed by atoms with van der Waals surface area (Å²) in [5.41, 5.74) is 2.23. The highest BCUT2D eigenvalue weighted by Crippen LogP contribution is 2.04. The second kappa shape index (κ2) is 4.84. The van der Waals surface area contributed by atoms with E-state index in [1.807, 2.05) is 42.6 Å². The van der Waals surface area contributed by atoms with Gasteiger partial charge >= 0.3 is 0 Å². The highest BCUT2D eigenvalue weighted by Gasteiger charge is 2.06. The zero-order chi connectivity index (χ0) is 12.2. The highest BCUT2D eigenvalue weighted by molar-refractivity contribution is 5.30. The topological polar surface area (TPSA) is 21.7 Å². The fraction of sp³-hybridized carbons (Fsp3) is 0.0667. The molecule has 3 heteroatoms. The summed E-state index contributed by atoms with van der Waals surface area (Å²) in [5.74, 6) is 0. The average molecular weight is 236 g/mol. The molecule has 3 nitrogen and oxygen atoms in total. The molecule has 0 saturated heterocycles. The number of hydrogen-bond donors (Lipinski definition) is 0. The van der Waals surface area contributed by atoms with Crippen molar-refractivity contribution in [3.8, 4) is 5.69 Å². The van der Waals surface area contributed by atoms with Crippen molar-refractivity contribution in [2.24, 2.45) is 0 Å². The fourth-order valence-electron chi connectivity index (χ4n) is 1.92. The van der Waals surface area contributed by atoms with E-state index in [2.05, 4.69) is 45.0 Å². The highest BCUT2D eigenvalue weighted by atomic mass is 15.1. The van der Waals surface area contributed by atoms with Gasteiger partial charge in [-0.1, -0.05) is 24.3 Å². The summed E-state index contributed by atoms with van der Waals surface area (Å²) >= 11 is 0. The molecule has 0 aliphatic heterocycles. The quantitative estimate of drug-likeness (QED) is 0.639. The van der Waals surface area contributed by atoms with Gasteiger partial charge < -0.3 is 0 Å². The Bertz CT molecular complexity index is 615. The van der Waals surface area contributed by atoms with Gasteiger partial charge in [0.25, 0.3) is 0 Å². The SMILES string of the molecule is c1ccc(-n2cc[n+](Cc3ccccn3)c2)cc1. The summed E-state index contributed by atoms with van der Waals surface area (Å²) in [6.07, 6.45) is 8.01. The number of nitrogens with zero attached hydrogens (tertiary/aromatic N) is 3. The summed E-state index contributed by atoms with van der Waals surface area (Å²) in [5, 5.41) is 0. The van der Waals surface area contributed by atoms with Crippen LogP contribution in [0.4, 0.5) is 0 Å². The standard InChI is InChI=1S/C15H14N3/c1-2-7-15(8-3-1)18-11-10-17(13-18)12-14-6-4-5-9-16-14/h1-11,13H,12H2/q+1. The number of benzene rings is 1. The van der Waals surface area contributed by atoms with Crippen molar-refractivity contribution >= 4 is 0 Å². The lowest BCUT2D eigenvalue weighted by molar-refractivity contribution is -0.688.